The van der Waals surface area contributed by atoms with E-state index in [9.17, 15) is 4.79 Å². The molecule has 2 aromatic carbocycles. The van der Waals surface area contributed by atoms with E-state index in [0.29, 0.717) is 38.6 Å². The molecule has 0 bridgehead atoms. The normalized spacial score (nSPS) is 11.0. The highest BCUT2D eigenvalue weighted by atomic mass is 35.5. The Morgan fingerprint density at radius 3 is 2.41 bits per heavy atom. The molecule has 2 aromatic heterocycles. The van der Waals surface area contributed by atoms with Crippen molar-refractivity contribution in [1.82, 2.24) is 9.38 Å². The summed E-state index contributed by atoms with van der Waals surface area (Å²) in [7, 11) is 0. The quantitative estimate of drug-likeness (QED) is 0.324. The summed E-state index contributed by atoms with van der Waals surface area (Å²) in [5.41, 5.74) is 4.17. The van der Waals surface area contributed by atoms with Crippen LogP contribution in [0.2, 0.25) is 15.1 Å². The Labute approximate surface area is 182 Å². The number of pyridine rings is 1. The molecule has 4 aromatic rings. The number of hydrogen-bond donors (Lipinski definition) is 0. The number of esters is 1. The molecule has 146 valence electrons. The Morgan fingerprint density at radius 2 is 1.72 bits per heavy atom. The summed E-state index contributed by atoms with van der Waals surface area (Å²) >= 11 is 18.7. The molecule has 0 aliphatic carbocycles. The number of rotatable bonds is 4. The van der Waals surface area contributed by atoms with Crippen molar-refractivity contribution in [3.05, 3.63) is 81.4 Å². The fraction of sp³-hybridized carbons (Fsp3) is 0.0909. The number of halogens is 3. The molecule has 4 nitrogen and oxygen atoms in total. The Balaban J connectivity index is 2.01. The zero-order valence-electron chi connectivity index (χ0n) is 15.3. The Hall–Kier alpha value is -2.53. The number of hydrogen-bond acceptors (Lipinski definition) is 3. The highest BCUT2D eigenvalue weighted by Gasteiger charge is 2.20. The van der Waals surface area contributed by atoms with Gasteiger partial charge in [-0.05, 0) is 49.4 Å². The molecule has 0 spiro atoms. The van der Waals surface area contributed by atoms with Gasteiger partial charge < -0.3 is 4.74 Å². The zero-order valence-corrected chi connectivity index (χ0v) is 17.6. The van der Waals surface area contributed by atoms with Gasteiger partial charge in [0.15, 0.2) is 0 Å². The second-order valence-corrected chi connectivity index (χ2v) is 7.59. The van der Waals surface area contributed by atoms with Gasteiger partial charge in [0.05, 0.1) is 28.6 Å². The molecule has 0 aliphatic heterocycles. The van der Waals surface area contributed by atoms with Crippen LogP contribution in [0.4, 0.5) is 0 Å². The maximum Gasteiger partial charge on any atom is 0.339 e. The molecule has 0 fully saturated rings. The summed E-state index contributed by atoms with van der Waals surface area (Å²) in [4.78, 5) is 17.0. The zero-order chi connectivity index (χ0) is 20.5. The van der Waals surface area contributed by atoms with E-state index in [1.807, 2.05) is 22.6 Å². The number of imidazole rings is 1. The molecule has 2 heterocycles. The molecule has 0 aliphatic rings. The van der Waals surface area contributed by atoms with Crippen LogP contribution in [0.5, 0.6) is 0 Å². The molecule has 0 atom stereocenters. The van der Waals surface area contributed by atoms with Crippen LogP contribution in [0, 0.1) is 0 Å². The summed E-state index contributed by atoms with van der Waals surface area (Å²) < 4.78 is 6.97. The Kier molecular flexibility index (Phi) is 5.50. The van der Waals surface area contributed by atoms with Gasteiger partial charge in [-0.25, -0.2) is 9.78 Å². The number of ether oxygens (including phenoxy) is 1. The topological polar surface area (TPSA) is 43.6 Å². The minimum atomic E-state index is -0.399. The summed E-state index contributed by atoms with van der Waals surface area (Å²) in [6.07, 6.45) is 1.71. The smallest absolute Gasteiger partial charge is 0.339 e. The maximum absolute atomic E-state index is 12.2. The average Bonchev–Trinajstić information content (AvgIpc) is 3.07. The molecule has 29 heavy (non-hydrogen) atoms. The monoisotopic (exact) mass is 444 g/mol. The van der Waals surface area contributed by atoms with E-state index in [2.05, 4.69) is 0 Å². The van der Waals surface area contributed by atoms with Crippen LogP contribution in [0.1, 0.15) is 17.3 Å². The summed E-state index contributed by atoms with van der Waals surface area (Å²) in [6.45, 7) is 2.07. The largest absolute Gasteiger partial charge is 0.462 e. The van der Waals surface area contributed by atoms with Gasteiger partial charge in [-0.1, -0.05) is 46.9 Å². The van der Waals surface area contributed by atoms with Gasteiger partial charge in [0, 0.05) is 27.4 Å². The van der Waals surface area contributed by atoms with Gasteiger partial charge in [0.1, 0.15) is 5.65 Å². The first kappa shape index (κ1) is 19.8. The van der Waals surface area contributed by atoms with E-state index in [4.69, 9.17) is 44.5 Å². The van der Waals surface area contributed by atoms with E-state index < -0.39 is 5.97 Å². The van der Waals surface area contributed by atoms with Crippen LogP contribution in [0.3, 0.4) is 0 Å². The van der Waals surface area contributed by atoms with Gasteiger partial charge in [0.25, 0.3) is 0 Å². The fourth-order valence-corrected chi connectivity index (χ4v) is 3.75. The minimum Gasteiger partial charge on any atom is -0.462 e. The third-order valence-electron chi connectivity index (χ3n) is 4.43. The van der Waals surface area contributed by atoms with E-state index in [1.54, 1.807) is 49.5 Å². The predicted molar refractivity (Wildman–Crippen MR) is 117 cm³/mol. The van der Waals surface area contributed by atoms with E-state index in [-0.39, 0.29) is 0 Å². The second-order valence-electron chi connectivity index (χ2n) is 6.31. The molecule has 0 unspecified atom stereocenters. The van der Waals surface area contributed by atoms with E-state index in [1.165, 1.54) is 0 Å². The van der Waals surface area contributed by atoms with Crippen molar-refractivity contribution < 1.29 is 9.53 Å². The van der Waals surface area contributed by atoms with Crippen molar-refractivity contribution >= 4 is 46.4 Å². The van der Waals surface area contributed by atoms with Crippen LogP contribution >= 0.6 is 34.8 Å². The number of aromatic nitrogens is 2. The number of carbonyl (C=O) groups excluding carboxylic acids is 1. The van der Waals surface area contributed by atoms with Gasteiger partial charge in [0.2, 0.25) is 0 Å². The van der Waals surface area contributed by atoms with E-state index in [0.717, 1.165) is 16.8 Å². The highest BCUT2D eigenvalue weighted by Crippen LogP contribution is 2.38. The Morgan fingerprint density at radius 1 is 1.00 bits per heavy atom. The first-order chi connectivity index (χ1) is 14.0. The van der Waals surface area contributed by atoms with E-state index >= 15 is 0 Å². The summed E-state index contributed by atoms with van der Waals surface area (Å²) in [5, 5.41) is 1.65. The van der Waals surface area contributed by atoms with Crippen LogP contribution in [0.25, 0.3) is 28.2 Å². The lowest BCUT2D eigenvalue weighted by Crippen LogP contribution is -2.06. The molecule has 0 radical (unpaired) electrons. The van der Waals surface area contributed by atoms with Crippen LogP contribution in [-0.2, 0) is 4.74 Å². The second kappa shape index (κ2) is 8.07. The number of carbonyl (C=O) groups is 1. The van der Waals surface area contributed by atoms with Crippen molar-refractivity contribution in [2.45, 2.75) is 6.92 Å². The van der Waals surface area contributed by atoms with Crippen molar-refractivity contribution in [2.75, 3.05) is 6.61 Å². The molecule has 0 N–H and O–H groups in total. The molecule has 0 amide bonds. The van der Waals surface area contributed by atoms with Crippen LogP contribution in [0.15, 0.2) is 60.8 Å². The lowest BCUT2D eigenvalue weighted by molar-refractivity contribution is 0.0526. The van der Waals surface area contributed by atoms with Crippen molar-refractivity contribution in [1.29, 1.82) is 0 Å². The van der Waals surface area contributed by atoms with Gasteiger partial charge >= 0.3 is 5.97 Å². The molecular formula is C22H15Cl3N2O2. The van der Waals surface area contributed by atoms with Crippen LogP contribution in [-0.4, -0.2) is 22.0 Å². The lowest BCUT2D eigenvalue weighted by atomic mass is 10.0. The number of benzene rings is 2. The first-order valence-corrected chi connectivity index (χ1v) is 10.0. The van der Waals surface area contributed by atoms with Gasteiger partial charge in [-0.15, -0.1) is 0 Å². The standard InChI is InChI=1S/C22H15Cl3N2O2/c1-2-29-22(28)14-5-10-19-26-20(13-3-6-15(23)7-4-13)21(27(19)12-14)17-9-8-16(24)11-18(17)25/h3-12H,2H2,1H3. The maximum atomic E-state index is 12.2. The predicted octanol–water partition coefficient (Wildman–Crippen LogP) is 6.81. The summed E-state index contributed by atoms with van der Waals surface area (Å²) in [5.74, 6) is -0.399. The van der Waals surface area contributed by atoms with Gasteiger partial charge in [-0.3, -0.25) is 4.40 Å². The minimum absolute atomic E-state index is 0.298. The SMILES string of the molecule is CCOC(=O)c1ccc2nc(-c3ccc(Cl)cc3)c(-c3ccc(Cl)cc3Cl)n2c1. The van der Waals surface area contributed by atoms with Gasteiger partial charge in [-0.2, -0.15) is 0 Å². The first-order valence-electron chi connectivity index (χ1n) is 8.88. The molecule has 0 saturated heterocycles. The average molecular weight is 446 g/mol. The third kappa shape index (κ3) is 3.84. The number of fused-ring (bicyclic) bond motifs is 1. The highest BCUT2D eigenvalue weighted by molar-refractivity contribution is 6.36. The molecule has 7 heteroatoms. The van der Waals surface area contributed by atoms with Crippen LogP contribution < -0.4 is 0 Å². The Bertz CT molecular complexity index is 1220. The van der Waals surface area contributed by atoms with Crippen molar-refractivity contribution in [3.8, 4) is 22.5 Å². The van der Waals surface area contributed by atoms with Crippen molar-refractivity contribution in [2.24, 2.45) is 0 Å². The molecular weight excluding hydrogens is 431 g/mol. The van der Waals surface area contributed by atoms with Crippen molar-refractivity contribution in [3.63, 3.8) is 0 Å². The molecule has 4 rings (SSSR count). The lowest BCUT2D eigenvalue weighted by Gasteiger charge is -2.09. The summed E-state index contributed by atoms with van der Waals surface area (Å²) in [6, 6.07) is 16.1. The number of nitrogens with zero attached hydrogens (tertiary/aromatic N) is 2. The fourth-order valence-electron chi connectivity index (χ4n) is 3.13. The molecule has 0 saturated carbocycles. The third-order valence-corrected chi connectivity index (χ3v) is 5.23.